The minimum absolute atomic E-state index is 0.0248. The molecule has 3 rings (SSSR count). The number of rotatable bonds is 4. The third-order valence-corrected chi connectivity index (χ3v) is 4.11. The number of esters is 1. The van der Waals surface area contributed by atoms with Crippen molar-refractivity contribution in [1.29, 1.82) is 0 Å². The molecule has 4 nitrogen and oxygen atoms in total. The fraction of sp³-hybridized carbons (Fsp3) is 0.412. The molecule has 0 atom stereocenters. The Labute approximate surface area is 136 Å². The Morgan fingerprint density at radius 2 is 1.88 bits per heavy atom. The van der Waals surface area contributed by atoms with Gasteiger partial charge in [0.15, 0.2) is 12.4 Å². The van der Waals surface area contributed by atoms with Crippen LogP contribution in [0.1, 0.15) is 37.0 Å². The molecule has 24 heavy (non-hydrogen) atoms. The number of halogens is 3. The van der Waals surface area contributed by atoms with Crippen LogP contribution in [0.5, 0.6) is 0 Å². The van der Waals surface area contributed by atoms with E-state index in [9.17, 15) is 18.0 Å². The number of nitrogens with zero attached hydrogens (tertiary/aromatic N) is 1. The summed E-state index contributed by atoms with van der Waals surface area (Å²) >= 11 is 0. The quantitative estimate of drug-likeness (QED) is 0.764. The molecule has 1 aliphatic rings. The van der Waals surface area contributed by atoms with Gasteiger partial charge in [-0.15, -0.1) is 0 Å². The highest BCUT2D eigenvalue weighted by atomic mass is 19.4. The van der Waals surface area contributed by atoms with E-state index in [0.717, 1.165) is 37.8 Å². The summed E-state index contributed by atoms with van der Waals surface area (Å²) in [5.74, 6) is 0.0820. The van der Waals surface area contributed by atoms with Crippen molar-refractivity contribution in [3.63, 3.8) is 0 Å². The summed E-state index contributed by atoms with van der Waals surface area (Å²) in [6, 6.07) is 6.20. The van der Waals surface area contributed by atoms with Crippen molar-refractivity contribution in [3.05, 3.63) is 41.7 Å². The number of aromatic nitrogens is 1. The van der Waals surface area contributed by atoms with Crippen LogP contribution in [-0.2, 0) is 22.3 Å². The molecule has 0 aliphatic heterocycles. The molecular weight excluding hydrogens is 323 g/mol. The van der Waals surface area contributed by atoms with E-state index in [1.54, 1.807) is 6.07 Å². The van der Waals surface area contributed by atoms with Crippen LogP contribution in [0.3, 0.4) is 0 Å². The SMILES string of the molecule is O=C(OCc1cc(-c2ccc(C(F)(F)F)cc2)no1)C1CCCC1. The summed E-state index contributed by atoms with van der Waals surface area (Å²) in [5.41, 5.74) is 0.177. The molecule has 0 N–H and O–H groups in total. The van der Waals surface area contributed by atoms with Gasteiger partial charge in [-0.2, -0.15) is 13.2 Å². The predicted octanol–water partition coefficient (Wildman–Crippen LogP) is 4.59. The van der Waals surface area contributed by atoms with Gasteiger partial charge in [0, 0.05) is 11.6 Å². The number of benzene rings is 1. The normalized spacial score (nSPS) is 15.6. The van der Waals surface area contributed by atoms with E-state index in [1.807, 2.05) is 0 Å². The monoisotopic (exact) mass is 339 g/mol. The van der Waals surface area contributed by atoms with Crippen molar-refractivity contribution in [1.82, 2.24) is 5.16 Å². The van der Waals surface area contributed by atoms with Crippen molar-refractivity contribution >= 4 is 5.97 Å². The fourth-order valence-corrected chi connectivity index (χ4v) is 2.77. The van der Waals surface area contributed by atoms with Gasteiger partial charge in [-0.3, -0.25) is 4.79 Å². The maximum absolute atomic E-state index is 12.5. The Morgan fingerprint density at radius 1 is 1.21 bits per heavy atom. The minimum Gasteiger partial charge on any atom is -0.457 e. The van der Waals surface area contributed by atoms with Crippen LogP contribution >= 0.6 is 0 Å². The van der Waals surface area contributed by atoms with Gasteiger partial charge >= 0.3 is 12.1 Å². The maximum Gasteiger partial charge on any atom is 0.416 e. The molecule has 0 unspecified atom stereocenters. The largest absolute Gasteiger partial charge is 0.457 e. The molecule has 0 saturated heterocycles. The lowest BCUT2D eigenvalue weighted by atomic mass is 10.1. The van der Waals surface area contributed by atoms with Gasteiger partial charge in [-0.25, -0.2) is 0 Å². The van der Waals surface area contributed by atoms with Crippen LogP contribution < -0.4 is 0 Å². The zero-order chi connectivity index (χ0) is 17.2. The second-order valence-electron chi connectivity index (χ2n) is 5.84. The van der Waals surface area contributed by atoms with Crippen LogP contribution in [-0.4, -0.2) is 11.1 Å². The number of carbonyl (C=O) groups is 1. The molecular formula is C17H16F3NO3. The lowest BCUT2D eigenvalue weighted by molar-refractivity contribution is -0.150. The first-order valence-corrected chi connectivity index (χ1v) is 7.73. The lowest BCUT2D eigenvalue weighted by Gasteiger charge is -2.07. The topological polar surface area (TPSA) is 52.3 Å². The van der Waals surface area contributed by atoms with E-state index in [2.05, 4.69) is 5.16 Å². The van der Waals surface area contributed by atoms with Gasteiger partial charge in [0.05, 0.1) is 11.5 Å². The summed E-state index contributed by atoms with van der Waals surface area (Å²) in [6.45, 7) is -0.0248. The molecule has 128 valence electrons. The number of carbonyl (C=O) groups excluding carboxylic acids is 1. The van der Waals surface area contributed by atoms with E-state index in [-0.39, 0.29) is 18.5 Å². The zero-order valence-corrected chi connectivity index (χ0v) is 12.8. The van der Waals surface area contributed by atoms with E-state index >= 15 is 0 Å². The van der Waals surface area contributed by atoms with Crippen LogP contribution in [0.2, 0.25) is 0 Å². The smallest absolute Gasteiger partial charge is 0.416 e. The van der Waals surface area contributed by atoms with E-state index in [1.165, 1.54) is 12.1 Å². The summed E-state index contributed by atoms with van der Waals surface area (Å²) < 4.78 is 47.9. The Morgan fingerprint density at radius 3 is 2.50 bits per heavy atom. The van der Waals surface area contributed by atoms with E-state index < -0.39 is 11.7 Å². The highest BCUT2D eigenvalue weighted by molar-refractivity contribution is 5.72. The van der Waals surface area contributed by atoms with Gasteiger partial charge in [0.25, 0.3) is 0 Å². The van der Waals surface area contributed by atoms with Crippen LogP contribution in [0.15, 0.2) is 34.9 Å². The van der Waals surface area contributed by atoms with Crippen LogP contribution in [0, 0.1) is 5.92 Å². The highest BCUT2D eigenvalue weighted by Crippen LogP contribution is 2.31. The molecule has 1 fully saturated rings. The van der Waals surface area contributed by atoms with Gasteiger partial charge in [0.1, 0.15) is 5.69 Å². The molecule has 0 radical (unpaired) electrons. The van der Waals surface area contributed by atoms with Gasteiger partial charge in [0.2, 0.25) is 0 Å². The molecule has 0 bridgehead atoms. The van der Waals surface area contributed by atoms with Crippen molar-refractivity contribution < 1.29 is 27.2 Å². The van der Waals surface area contributed by atoms with Gasteiger partial charge in [-0.05, 0) is 25.0 Å². The summed E-state index contributed by atoms with van der Waals surface area (Å²) in [5, 5.41) is 3.81. The van der Waals surface area contributed by atoms with Crippen LogP contribution in [0.25, 0.3) is 11.3 Å². The van der Waals surface area contributed by atoms with Crippen molar-refractivity contribution in [2.45, 2.75) is 38.5 Å². The number of alkyl halides is 3. The summed E-state index contributed by atoms with van der Waals surface area (Å²) in [4.78, 5) is 11.8. The van der Waals surface area contributed by atoms with Crippen molar-refractivity contribution in [2.24, 2.45) is 5.92 Å². The number of ether oxygens (including phenoxy) is 1. The average molecular weight is 339 g/mol. The average Bonchev–Trinajstić information content (AvgIpc) is 3.23. The summed E-state index contributed by atoms with van der Waals surface area (Å²) in [7, 11) is 0. The van der Waals surface area contributed by atoms with E-state index in [0.29, 0.717) is 17.0 Å². The molecule has 1 aromatic heterocycles. The maximum atomic E-state index is 12.5. The van der Waals surface area contributed by atoms with Gasteiger partial charge in [-0.1, -0.05) is 30.1 Å². The third kappa shape index (κ3) is 3.77. The lowest BCUT2D eigenvalue weighted by Crippen LogP contribution is -2.14. The van der Waals surface area contributed by atoms with Crippen LogP contribution in [0.4, 0.5) is 13.2 Å². The number of hydrogen-bond donors (Lipinski definition) is 0. The molecule has 1 aliphatic carbocycles. The third-order valence-electron chi connectivity index (χ3n) is 4.11. The van der Waals surface area contributed by atoms with Gasteiger partial charge < -0.3 is 9.26 Å². The second-order valence-corrected chi connectivity index (χ2v) is 5.84. The first-order valence-electron chi connectivity index (χ1n) is 7.73. The predicted molar refractivity (Wildman–Crippen MR) is 78.7 cm³/mol. The Hall–Kier alpha value is -2.31. The second kappa shape index (κ2) is 6.67. The minimum atomic E-state index is -4.37. The first-order chi connectivity index (χ1) is 11.4. The fourth-order valence-electron chi connectivity index (χ4n) is 2.77. The Balaban J connectivity index is 1.61. The molecule has 2 aromatic rings. The zero-order valence-electron chi connectivity index (χ0n) is 12.8. The molecule has 1 saturated carbocycles. The first kappa shape index (κ1) is 16.5. The summed E-state index contributed by atoms with van der Waals surface area (Å²) in [6.07, 6.45) is -0.583. The number of hydrogen-bond acceptors (Lipinski definition) is 4. The molecule has 1 aromatic carbocycles. The standard InChI is InChI=1S/C17H16F3NO3/c18-17(19,20)13-7-5-11(6-8-13)15-9-14(24-21-15)10-23-16(22)12-3-1-2-4-12/h5-9,12H,1-4,10H2. The van der Waals surface area contributed by atoms with Crippen molar-refractivity contribution in [3.8, 4) is 11.3 Å². The molecule has 0 spiro atoms. The molecule has 1 heterocycles. The Bertz CT molecular complexity index is 701. The Kier molecular flexibility index (Phi) is 4.59. The highest BCUT2D eigenvalue weighted by Gasteiger charge is 2.30. The molecule has 7 heteroatoms. The van der Waals surface area contributed by atoms with E-state index in [4.69, 9.17) is 9.26 Å². The van der Waals surface area contributed by atoms with Crippen molar-refractivity contribution in [2.75, 3.05) is 0 Å². The molecule has 0 amide bonds.